The van der Waals surface area contributed by atoms with E-state index in [1.165, 1.54) is 6.26 Å². The van der Waals surface area contributed by atoms with Crippen molar-refractivity contribution in [1.29, 1.82) is 0 Å². The summed E-state index contributed by atoms with van der Waals surface area (Å²) in [6.07, 6.45) is 3.85. The summed E-state index contributed by atoms with van der Waals surface area (Å²) in [5.41, 5.74) is 1.91. The van der Waals surface area contributed by atoms with E-state index in [4.69, 9.17) is 4.42 Å². The largest absolute Gasteiger partial charge is 0.459 e. The van der Waals surface area contributed by atoms with E-state index in [2.05, 4.69) is 5.32 Å². The lowest BCUT2D eigenvalue weighted by Crippen LogP contribution is -2.47. The number of carbonyl (C=O) groups is 2. The third-order valence-corrected chi connectivity index (χ3v) is 5.12. The lowest BCUT2D eigenvalue weighted by Gasteiger charge is -2.34. The molecule has 1 aliphatic rings. The Morgan fingerprint density at radius 1 is 1.19 bits per heavy atom. The maximum atomic E-state index is 12.9. The smallest absolute Gasteiger partial charge is 0.287 e. The van der Waals surface area contributed by atoms with Crippen LogP contribution in [0.15, 0.2) is 47.1 Å². The van der Waals surface area contributed by atoms with E-state index in [1.807, 2.05) is 49.1 Å². The molecule has 138 valence electrons. The van der Waals surface area contributed by atoms with Crippen LogP contribution in [-0.4, -0.2) is 35.8 Å². The Kier molecular flexibility index (Phi) is 5.76. The van der Waals surface area contributed by atoms with Crippen molar-refractivity contribution < 1.29 is 14.0 Å². The van der Waals surface area contributed by atoms with Crippen LogP contribution in [0.3, 0.4) is 0 Å². The zero-order valence-corrected chi connectivity index (χ0v) is 15.4. The Balaban J connectivity index is 1.55. The first-order valence-electron chi connectivity index (χ1n) is 9.28. The van der Waals surface area contributed by atoms with Crippen LogP contribution in [0.2, 0.25) is 0 Å². The SMILES string of the molecule is CCC(C(=O)N1CCC(NC(=O)c2occc2C)CC1)c1ccccc1. The summed E-state index contributed by atoms with van der Waals surface area (Å²) in [5.74, 6) is 0.296. The minimum absolute atomic E-state index is 0.0767. The zero-order chi connectivity index (χ0) is 18.5. The first-order chi connectivity index (χ1) is 12.6. The predicted molar refractivity (Wildman–Crippen MR) is 100.0 cm³/mol. The van der Waals surface area contributed by atoms with Gasteiger partial charge in [-0.1, -0.05) is 37.3 Å². The molecule has 0 aliphatic carbocycles. The number of furan rings is 1. The third kappa shape index (κ3) is 3.98. The minimum atomic E-state index is -0.173. The molecular weight excluding hydrogens is 328 g/mol. The Morgan fingerprint density at radius 2 is 1.88 bits per heavy atom. The van der Waals surface area contributed by atoms with Crippen molar-refractivity contribution in [3.8, 4) is 0 Å². The summed E-state index contributed by atoms with van der Waals surface area (Å²) in [6.45, 7) is 5.25. The summed E-state index contributed by atoms with van der Waals surface area (Å²) in [6, 6.07) is 11.8. The van der Waals surface area contributed by atoms with Gasteiger partial charge in [-0.2, -0.15) is 0 Å². The van der Waals surface area contributed by atoms with Crippen molar-refractivity contribution in [1.82, 2.24) is 10.2 Å². The summed E-state index contributed by atoms with van der Waals surface area (Å²) >= 11 is 0. The molecule has 1 aromatic heterocycles. The number of nitrogens with zero attached hydrogens (tertiary/aromatic N) is 1. The van der Waals surface area contributed by atoms with Gasteiger partial charge in [0.05, 0.1) is 12.2 Å². The second-order valence-electron chi connectivity index (χ2n) is 6.88. The van der Waals surface area contributed by atoms with Crippen LogP contribution >= 0.6 is 0 Å². The normalized spacial score (nSPS) is 16.3. The van der Waals surface area contributed by atoms with E-state index in [0.717, 1.165) is 30.4 Å². The Hall–Kier alpha value is -2.56. The molecule has 1 saturated heterocycles. The molecule has 1 N–H and O–H groups in total. The molecule has 0 bridgehead atoms. The minimum Gasteiger partial charge on any atom is -0.459 e. The van der Waals surface area contributed by atoms with Crippen molar-refractivity contribution in [3.63, 3.8) is 0 Å². The molecule has 5 heteroatoms. The number of benzene rings is 1. The zero-order valence-electron chi connectivity index (χ0n) is 15.4. The van der Waals surface area contributed by atoms with Crippen LogP contribution in [-0.2, 0) is 4.79 Å². The summed E-state index contributed by atoms with van der Waals surface area (Å²) < 4.78 is 5.25. The van der Waals surface area contributed by atoms with Gasteiger partial charge in [0.15, 0.2) is 5.76 Å². The van der Waals surface area contributed by atoms with Gasteiger partial charge in [0.25, 0.3) is 5.91 Å². The van der Waals surface area contributed by atoms with Gasteiger partial charge >= 0.3 is 0 Å². The van der Waals surface area contributed by atoms with Gasteiger partial charge < -0.3 is 14.6 Å². The van der Waals surface area contributed by atoms with Crippen LogP contribution < -0.4 is 5.32 Å². The average Bonchev–Trinajstić information content (AvgIpc) is 3.10. The van der Waals surface area contributed by atoms with Gasteiger partial charge in [-0.25, -0.2) is 0 Å². The van der Waals surface area contributed by atoms with Gasteiger partial charge in [-0.3, -0.25) is 9.59 Å². The van der Waals surface area contributed by atoms with Crippen LogP contribution in [0.25, 0.3) is 0 Å². The van der Waals surface area contributed by atoms with Gasteiger partial charge in [-0.15, -0.1) is 0 Å². The van der Waals surface area contributed by atoms with E-state index >= 15 is 0 Å². The fourth-order valence-corrected chi connectivity index (χ4v) is 3.56. The second kappa shape index (κ2) is 8.21. The van der Waals surface area contributed by atoms with E-state index < -0.39 is 0 Å². The molecule has 1 unspecified atom stereocenters. The van der Waals surface area contributed by atoms with E-state index in [1.54, 1.807) is 6.07 Å². The summed E-state index contributed by atoms with van der Waals surface area (Å²) in [7, 11) is 0. The van der Waals surface area contributed by atoms with Crippen molar-refractivity contribution in [3.05, 3.63) is 59.5 Å². The van der Waals surface area contributed by atoms with E-state index in [9.17, 15) is 9.59 Å². The van der Waals surface area contributed by atoms with Gasteiger partial charge in [-0.05, 0) is 37.8 Å². The maximum absolute atomic E-state index is 12.9. The molecule has 0 radical (unpaired) electrons. The standard InChI is InChI=1S/C21H26N2O3/c1-3-18(16-7-5-4-6-8-16)21(25)23-12-9-17(10-13-23)22-20(24)19-15(2)11-14-26-19/h4-8,11,14,17-18H,3,9-10,12-13H2,1-2H3,(H,22,24). The Labute approximate surface area is 154 Å². The highest BCUT2D eigenvalue weighted by molar-refractivity contribution is 5.93. The average molecular weight is 354 g/mol. The Bertz CT molecular complexity index is 746. The van der Waals surface area contributed by atoms with Crippen molar-refractivity contribution in [2.45, 2.75) is 45.1 Å². The van der Waals surface area contributed by atoms with Crippen LogP contribution in [0, 0.1) is 6.92 Å². The molecule has 1 atom stereocenters. The number of amides is 2. The molecule has 1 aliphatic heterocycles. The first kappa shape index (κ1) is 18.2. The summed E-state index contributed by atoms with van der Waals surface area (Å²) in [4.78, 5) is 27.1. The number of piperidine rings is 1. The lowest BCUT2D eigenvalue weighted by molar-refractivity contribution is -0.134. The highest BCUT2D eigenvalue weighted by Gasteiger charge is 2.29. The van der Waals surface area contributed by atoms with Gasteiger partial charge in [0, 0.05) is 24.7 Å². The molecular formula is C21H26N2O3. The number of nitrogens with one attached hydrogen (secondary N) is 1. The lowest BCUT2D eigenvalue weighted by atomic mass is 9.93. The topological polar surface area (TPSA) is 62.6 Å². The van der Waals surface area contributed by atoms with Crippen LogP contribution in [0.5, 0.6) is 0 Å². The number of hydrogen-bond donors (Lipinski definition) is 1. The van der Waals surface area contributed by atoms with E-state index in [-0.39, 0.29) is 23.8 Å². The fraction of sp³-hybridized carbons (Fsp3) is 0.429. The molecule has 5 nitrogen and oxygen atoms in total. The molecule has 2 heterocycles. The van der Waals surface area contributed by atoms with Crippen LogP contribution in [0.1, 0.15) is 53.8 Å². The highest BCUT2D eigenvalue weighted by atomic mass is 16.3. The molecule has 0 spiro atoms. The molecule has 26 heavy (non-hydrogen) atoms. The number of aryl methyl sites for hydroxylation is 1. The third-order valence-electron chi connectivity index (χ3n) is 5.12. The highest BCUT2D eigenvalue weighted by Crippen LogP contribution is 2.24. The van der Waals surface area contributed by atoms with Gasteiger partial charge in [0.2, 0.25) is 5.91 Å². The van der Waals surface area contributed by atoms with Crippen LogP contribution in [0.4, 0.5) is 0 Å². The quantitative estimate of drug-likeness (QED) is 0.894. The van der Waals surface area contributed by atoms with Crippen molar-refractivity contribution in [2.24, 2.45) is 0 Å². The first-order valence-corrected chi connectivity index (χ1v) is 9.28. The fourth-order valence-electron chi connectivity index (χ4n) is 3.56. The molecule has 2 amide bonds. The second-order valence-corrected chi connectivity index (χ2v) is 6.88. The van der Waals surface area contributed by atoms with E-state index in [0.29, 0.717) is 18.8 Å². The number of likely N-dealkylation sites (tertiary alicyclic amines) is 1. The predicted octanol–water partition coefficient (Wildman–Crippen LogP) is 3.50. The molecule has 1 aromatic carbocycles. The maximum Gasteiger partial charge on any atom is 0.287 e. The number of rotatable bonds is 5. The monoisotopic (exact) mass is 354 g/mol. The van der Waals surface area contributed by atoms with Gasteiger partial charge in [0.1, 0.15) is 0 Å². The van der Waals surface area contributed by atoms with Crippen molar-refractivity contribution in [2.75, 3.05) is 13.1 Å². The molecule has 2 aromatic rings. The van der Waals surface area contributed by atoms with Crippen molar-refractivity contribution >= 4 is 11.8 Å². The molecule has 3 rings (SSSR count). The molecule has 1 fully saturated rings. The number of carbonyl (C=O) groups excluding carboxylic acids is 2. The number of hydrogen-bond acceptors (Lipinski definition) is 3. The Morgan fingerprint density at radius 3 is 2.46 bits per heavy atom. The summed E-state index contributed by atoms with van der Waals surface area (Å²) in [5, 5.41) is 3.03. The molecule has 0 saturated carbocycles.